The first-order valence-electron chi connectivity index (χ1n) is 9.70. The second-order valence-electron chi connectivity index (χ2n) is 7.11. The summed E-state index contributed by atoms with van der Waals surface area (Å²) in [5.74, 6) is 0.532. The van der Waals surface area contributed by atoms with E-state index in [1.54, 1.807) is 18.0 Å². The van der Waals surface area contributed by atoms with E-state index in [-0.39, 0.29) is 5.91 Å². The van der Waals surface area contributed by atoms with E-state index in [9.17, 15) is 4.79 Å². The number of pyridine rings is 1. The molecule has 7 nitrogen and oxygen atoms in total. The molecule has 3 heterocycles. The van der Waals surface area contributed by atoms with Gasteiger partial charge in [-0.15, -0.1) is 11.8 Å². The maximum Gasteiger partial charge on any atom is 0.255 e. The van der Waals surface area contributed by atoms with Crippen molar-refractivity contribution in [1.82, 2.24) is 25.1 Å². The Kier molecular flexibility index (Phi) is 5.05. The van der Waals surface area contributed by atoms with Gasteiger partial charge in [-0.2, -0.15) is 5.10 Å². The first-order chi connectivity index (χ1) is 15.2. The fraction of sp³-hybridized carbons (Fsp3) is 0.0870. The van der Waals surface area contributed by atoms with Gasteiger partial charge >= 0.3 is 0 Å². The van der Waals surface area contributed by atoms with Gasteiger partial charge in [-0.3, -0.25) is 14.9 Å². The number of aryl methyl sites for hydroxylation is 1. The lowest BCUT2D eigenvalue weighted by Gasteiger charge is -2.08. The number of carbonyl (C=O) groups is 1. The molecule has 0 spiro atoms. The second kappa shape index (κ2) is 8.16. The van der Waals surface area contributed by atoms with Crippen LogP contribution in [-0.4, -0.2) is 31.1 Å². The molecular weight excluding hydrogens is 408 g/mol. The van der Waals surface area contributed by atoms with Crippen LogP contribution in [0.3, 0.4) is 0 Å². The van der Waals surface area contributed by atoms with Crippen LogP contribution in [0.5, 0.6) is 0 Å². The predicted octanol–water partition coefficient (Wildman–Crippen LogP) is 4.75. The number of aromatic amines is 1. The first kappa shape index (κ1) is 19.2. The number of hydrogen-bond acceptors (Lipinski definition) is 6. The Morgan fingerprint density at radius 2 is 2.03 bits per heavy atom. The summed E-state index contributed by atoms with van der Waals surface area (Å²) in [6.07, 6.45) is 3.25. The molecular formula is C23H18N6OS. The van der Waals surface area contributed by atoms with E-state index in [0.29, 0.717) is 17.0 Å². The lowest BCUT2D eigenvalue weighted by molar-refractivity contribution is 0.102. The molecule has 31 heavy (non-hydrogen) atoms. The molecule has 0 aliphatic rings. The van der Waals surface area contributed by atoms with Crippen molar-refractivity contribution in [3.8, 4) is 0 Å². The lowest BCUT2D eigenvalue weighted by atomic mass is 10.1. The SMILES string of the molecule is Cc1ccc2cc(NC(=O)c3cccc(CSc4ncnc5[nH]ncc45)c3)ccc2n1. The third-order valence-electron chi connectivity index (χ3n) is 4.86. The molecule has 3 aromatic heterocycles. The first-order valence-corrected chi connectivity index (χ1v) is 10.7. The third kappa shape index (κ3) is 4.10. The molecule has 2 N–H and O–H groups in total. The van der Waals surface area contributed by atoms with E-state index in [1.807, 2.05) is 61.5 Å². The Morgan fingerprint density at radius 3 is 2.97 bits per heavy atom. The van der Waals surface area contributed by atoms with E-state index < -0.39 is 0 Å². The Balaban J connectivity index is 1.30. The van der Waals surface area contributed by atoms with Crippen LogP contribution in [0.1, 0.15) is 21.6 Å². The molecule has 0 bridgehead atoms. The highest BCUT2D eigenvalue weighted by Crippen LogP contribution is 2.26. The number of thioether (sulfide) groups is 1. The topological polar surface area (TPSA) is 96.5 Å². The molecule has 5 aromatic rings. The molecule has 0 radical (unpaired) electrons. The number of benzene rings is 2. The molecule has 0 saturated heterocycles. The van der Waals surface area contributed by atoms with Crippen molar-refractivity contribution in [3.05, 3.63) is 83.9 Å². The van der Waals surface area contributed by atoms with Crippen molar-refractivity contribution in [2.75, 3.05) is 5.32 Å². The van der Waals surface area contributed by atoms with E-state index >= 15 is 0 Å². The number of nitrogens with zero attached hydrogens (tertiary/aromatic N) is 4. The normalized spacial score (nSPS) is 11.1. The Bertz CT molecular complexity index is 1410. The minimum atomic E-state index is -0.148. The van der Waals surface area contributed by atoms with Crippen molar-refractivity contribution in [2.45, 2.75) is 17.7 Å². The number of hydrogen-bond donors (Lipinski definition) is 2. The van der Waals surface area contributed by atoms with Crippen LogP contribution in [0.2, 0.25) is 0 Å². The smallest absolute Gasteiger partial charge is 0.255 e. The number of H-pyrrole nitrogens is 1. The fourth-order valence-electron chi connectivity index (χ4n) is 3.32. The summed E-state index contributed by atoms with van der Waals surface area (Å²) >= 11 is 1.58. The zero-order chi connectivity index (χ0) is 21.2. The maximum absolute atomic E-state index is 12.8. The molecule has 5 rings (SSSR count). The minimum absolute atomic E-state index is 0.148. The van der Waals surface area contributed by atoms with Gasteiger partial charge in [0.2, 0.25) is 0 Å². The standard InChI is InChI=1S/C23H18N6OS/c1-14-5-6-16-10-18(7-8-20(16)27-14)28-22(30)17-4-2-3-15(9-17)12-31-23-19-11-26-29-21(19)24-13-25-23/h2-11,13H,12H2,1H3,(H,28,30)(H,24,25,26,29). The van der Waals surface area contributed by atoms with Crippen LogP contribution < -0.4 is 5.32 Å². The third-order valence-corrected chi connectivity index (χ3v) is 5.94. The van der Waals surface area contributed by atoms with Gasteiger partial charge in [0.15, 0.2) is 5.65 Å². The van der Waals surface area contributed by atoms with Crippen LogP contribution in [-0.2, 0) is 5.75 Å². The number of amides is 1. The van der Waals surface area contributed by atoms with Crippen LogP contribution in [0.4, 0.5) is 5.69 Å². The number of fused-ring (bicyclic) bond motifs is 2. The van der Waals surface area contributed by atoms with Crippen molar-refractivity contribution < 1.29 is 4.79 Å². The van der Waals surface area contributed by atoms with E-state index in [1.165, 1.54) is 6.33 Å². The summed E-state index contributed by atoms with van der Waals surface area (Å²) in [6.45, 7) is 1.96. The molecule has 1 amide bonds. The average molecular weight is 427 g/mol. The number of anilines is 1. The summed E-state index contributed by atoms with van der Waals surface area (Å²) in [6, 6.07) is 17.3. The van der Waals surface area contributed by atoms with Crippen molar-refractivity contribution in [2.24, 2.45) is 0 Å². The summed E-state index contributed by atoms with van der Waals surface area (Å²) < 4.78 is 0. The summed E-state index contributed by atoms with van der Waals surface area (Å²) in [4.78, 5) is 25.8. The van der Waals surface area contributed by atoms with Crippen LogP contribution in [0.15, 0.2) is 72.1 Å². The number of aromatic nitrogens is 5. The molecule has 0 aliphatic heterocycles. The molecule has 0 atom stereocenters. The Labute approximate surface area is 182 Å². The molecule has 0 fully saturated rings. The van der Waals surface area contributed by atoms with E-state index in [0.717, 1.165) is 38.3 Å². The van der Waals surface area contributed by atoms with E-state index in [2.05, 4.69) is 30.5 Å². The van der Waals surface area contributed by atoms with Gasteiger partial charge in [-0.25, -0.2) is 9.97 Å². The fourth-order valence-corrected chi connectivity index (χ4v) is 4.23. The van der Waals surface area contributed by atoms with Gasteiger partial charge in [0.05, 0.1) is 17.1 Å². The lowest BCUT2D eigenvalue weighted by Crippen LogP contribution is -2.12. The zero-order valence-electron chi connectivity index (χ0n) is 16.7. The molecule has 2 aromatic carbocycles. The second-order valence-corrected chi connectivity index (χ2v) is 8.08. The van der Waals surface area contributed by atoms with Gasteiger partial charge in [-0.1, -0.05) is 18.2 Å². The van der Waals surface area contributed by atoms with Gasteiger partial charge < -0.3 is 5.32 Å². The molecule has 152 valence electrons. The van der Waals surface area contributed by atoms with Crippen LogP contribution >= 0.6 is 11.8 Å². The number of carbonyl (C=O) groups excluding carboxylic acids is 1. The summed E-state index contributed by atoms with van der Waals surface area (Å²) in [5, 5.41) is 12.6. The van der Waals surface area contributed by atoms with Crippen molar-refractivity contribution >= 4 is 45.3 Å². The van der Waals surface area contributed by atoms with Crippen molar-refractivity contribution in [3.63, 3.8) is 0 Å². The maximum atomic E-state index is 12.8. The number of nitrogens with one attached hydrogen (secondary N) is 2. The van der Waals surface area contributed by atoms with E-state index in [4.69, 9.17) is 0 Å². The Hall–Kier alpha value is -3.78. The van der Waals surface area contributed by atoms with Gasteiger partial charge in [0, 0.05) is 28.1 Å². The van der Waals surface area contributed by atoms with Gasteiger partial charge in [0.25, 0.3) is 5.91 Å². The predicted molar refractivity (Wildman–Crippen MR) is 122 cm³/mol. The minimum Gasteiger partial charge on any atom is -0.322 e. The highest BCUT2D eigenvalue weighted by molar-refractivity contribution is 7.98. The van der Waals surface area contributed by atoms with Gasteiger partial charge in [0.1, 0.15) is 11.4 Å². The van der Waals surface area contributed by atoms with Crippen molar-refractivity contribution in [1.29, 1.82) is 0 Å². The average Bonchev–Trinajstić information content (AvgIpc) is 3.27. The molecule has 8 heteroatoms. The highest BCUT2D eigenvalue weighted by atomic mass is 32.2. The Morgan fingerprint density at radius 1 is 1.10 bits per heavy atom. The summed E-state index contributed by atoms with van der Waals surface area (Å²) in [5.41, 5.74) is 4.98. The summed E-state index contributed by atoms with van der Waals surface area (Å²) in [7, 11) is 0. The quantitative estimate of drug-likeness (QED) is 0.311. The largest absolute Gasteiger partial charge is 0.322 e. The number of rotatable bonds is 5. The van der Waals surface area contributed by atoms with Crippen LogP contribution in [0.25, 0.3) is 21.9 Å². The zero-order valence-corrected chi connectivity index (χ0v) is 17.5. The molecule has 0 unspecified atom stereocenters. The van der Waals surface area contributed by atoms with Crippen LogP contribution in [0, 0.1) is 6.92 Å². The molecule has 0 saturated carbocycles. The molecule has 0 aliphatic carbocycles. The van der Waals surface area contributed by atoms with Gasteiger partial charge in [-0.05, 0) is 48.9 Å². The highest BCUT2D eigenvalue weighted by Gasteiger charge is 2.10. The monoisotopic (exact) mass is 426 g/mol.